The topological polar surface area (TPSA) is 71.5 Å². The molecule has 1 fully saturated rings. The summed E-state index contributed by atoms with van der Waals surface area (Å²) in [5.41, 5.74) is 1.80. The van der Waals surface area contributed by atoms with Gasteiger partial charge in [-0.3, -0.25) is 0 Å². The lowest BCUT2D eigenvalue weighted by Gasteiger charge is -2.39. The van der Waals surface area contributed by atoms with Crippen LogP contribution in [0.5, 0.6) is 0 Å². The van der Waals surface area contributed by atoms with Crippen molar-refractivity contribution in [3.63, 3.8) is 0 Å². The summed E-state index contributed by atoms with van der Waals surface area (Å²) in [4.78, 5) is 16.0. The van der Waals surface area contributed by atoms with Crippen LogP contribution in [0.15, 0.2) is 64.7 Å². The number of benzene rings is 1. The van der Waals surface area contributed by atoms with Crippen LogP contribution >= 0.6 is 24.0 Å². The molecule has 2 unspecified atom stereocenters. The summed E-state index contributed by atoms with van der Waals surface area (Å²) in [7, 11) is 0. The average Bonchev–Trinajstić information content (AvgIpc) is 3.45. The number of aromatic nitrogens is 3. The number of nitrogens with zero attached hydrogens (tertiary/aromatic N) is 5. The van der Waals surface area contributed by atoms with Crippen LogP contribution in [0, 0.1) is 5.92 Å². The highest BCUT2D eigenvalue weighted by Gasteiger charge is 2.28. The van der Waals surface area contributed by atoms with E-state index in [0.29, 0.717) is 24.4 Å². The molecule has 30 heavy (non-hydrogen) atoms. The first-order chi connectivity index (χ1) is 14.2. The molecule has 1 aliphatic heterocycles. The fourth-order valence-corrected chi connectivity index (χ4v) is 3.77. The Kier molecular flexibility index (Phi) is 7.89. The molecule has 0 bridgehead atoms. The predicted molar refractivity (Wildman–Crippen MR) is 129 cm³/mol. The molecule has 1 saturated heterocycles. The average molecular weight is 520 g/mol. The van der Waals surface area contributed by atoms with E-state index in [1.54, 1.807) is 6.26 Å². The summed E-state index contributed by atoms with van der Waals surface area (Å²) in [6.07, 6.45) is 8.63. The van der Waals surface area contributed by atoms with Crippen molar-refractivity contribution >= 4 is 29.9 Å². The van der Waals surface area contributed by atoms with Crippen molar-refractivity contribution in [3.8, 4) is 11.5 Å². The van der Waals surface area contributed by atoms with Crippen molar-refractivity contribution in [1.29, 1.82) is 0 Å². The molecule has 7 nitrogen and oxygen atoms in total. The lowest BCUT2D eigenvalue weighted by molar-refractivity contribution is 0.189. The Labute approximate surface area is 194 Å². The summed E-state index contributed by atoms with van der Waals surface area (Å²) in [5, 5.41) is 3.43. The molecular formula is C22H29IN6O. The van der Waals surface area contributed by atoms with Crippen molar-refractivity contribution in [2.75, 3.05) is 19.6 Å². The van der Waals surface area contributed by atoms with Crippen molar-refractivity contribution in [2.45, 2.75) is 32.9 Å². The van der Waals surface area contributed by atoms with Crippen LogP contribution in [0.25, 0.3) is 11.5 Å². The van der Waals surface area contributed by atoms with E-state index in [2.05, 4.69) is 44.8 Å². The van der Waals surface area contributed by atoms with Gasteiger partial charge in [0.05, 0.1) is 18.9 Å². The van der Waals surface area contributed by atoms with Gasteiger partial charge in [-0.1, -0.05) is 25.1 Å². The molecule has 1 aromatic carbocycles. The number of hydrogen-bond acceptors (Lipinski definition) is 4. The highest BCUT2D eigenvalue weighted by atomic mass is 127. The monoisotopic (exact) mass is 520 g/mol. The molecule has 0 amide bonds. The second-order valence-electron chi connectivity index (χ2n) is 7.47. The van der Waals surface area contributed by atoms with Gasteiger partial charge in [-0.05, 0) is 31.4 Å². The first-order valence-corrected chi connectivity index (χ1v) is 10.2. The number of likely N-dealkylation sites (tertiary alicyclic amines) is 1. The van der Waals surface area contributed by atoms with Gasteiger partial charge in [0.1, 0.15) is 12.0 Å². The van der Waals surface area contributed by atoms with Gasteiger partial charge in [0.2, 0.25) is 5.89 Å². The lowest BCUT2D eigenvalue weighted by atomic mass is 9.93. The zero-order valence-electron chi connectivity index (χ0n) is 17.4. The van der Waals surface area contributed by atoms with E-state index < -0.39 is 0 Å². The molecule has 4 rings (SSSR count). The Bertz CT molecular complexity index is 924. The fraction of sp³-hybridized carbons (Fsp3) is 0.409. The number of aliphatic imine (C=N–C) groups is 1. The number of rotatable bonds is 5. The molecule has 1 aliphatic rings. The van der Waals surface area contributed by atoms with Gasteiger partial charge in [-0.25, -0.2) is 15.0 Å². The Balaban J connectivity index is 0.00000256. The molecule has 0 saturated carbocycles. The Morgan fingerprint density at radius 2 is 2.13 bits per heavy atom. The van der Waals surface area contributed by atoms with Gasteiger partial charge in [-0.2, -0.15) is 0 Å². The number of piperidine rings is 1. The molecule has 2 aromatic heterocycles. The van der Waals surface area contributed by atoms with E-state index in [-0.39, 0.29) is 24.0 Å². The Morgan fingerprint density at radius 1 is 1.30 bits per heavy atom. The molecule has 8 heteroatoms. The van der Waals surface area contributed by atoms with E-state index in [4.69, 9.17) is 9.41 Å². The van der Waals surface area contributed by atoms with Crippen LogP contribution in [-0.4, -0.2) is 45.0 Å². The highest BCUT2D eigenvalue weighted by Crippen LogP contribution is 2.27. The van der Waals surface area contributed by atoms with Gasteiger partial charge in [0, 0.05) is 37.6 Å². The summed E-state index contributed by atoms with van der Waals surface area (Å²) >= 11 is 0. The second kappa shape index (κ2) is 10.6. The third kappa shape index (κ3) is 5.21. The summed E-state index contributed by atoms with van der Waals surface area (Å²) < 4.78 is 7.86. The van der Waals surface area contributed by atoms with Gasteiger partial charge >= 0.3 is 0 Å². The third-order valence-electron chi connectivity index (χ3n) is 5.42. The predicted octanol–water partition coefficient (Wildman–Crippen LogP) is 4.20. The molecule has 2 atom stereocenters. The van der Waals surface area contributed by atoms with Crippen LogP contribution < -0.4 is 5.32 Å². The molecule has 3 heterocycles. The number of guanidine groups is 1. The maximum atomic E-state index is 5.64. The van der Waals surface area contributed by atoms with E-state index in [0.717, 1.165) is 43.3 Å². The van der Waals surface area contributed by atoms with Crippen LogP contribution in [0.2, 0.25) is 0 Å². The first kappa shape index (κ1) is 22.3. The summed E-state index contributed by atoms with van der Waals surface area (Å²) in [5.74, 6) is 2.16. The Morgan fingerprint density at radius 3 is 2.87 bits per heavy atom. The fourth-order valence-electron chi connectivity index (χ4n) is 3.77. The van der Waals surface area contributed by atoms with Crippen molar-refractivity contribution in [1.82, 2.24) is 24.8 Å². The maximum absolute atomic E-state index is 5.64. The van der Waals surface area contributed by atoms with E-state index >= 15 is 0 Å². The van der Waals surface area contributed by atoms with Crippen LogP contribution in [-0.2, 0) is 6.54 Å². The minimum Gasteiger partial charge on any atom is -0.444 e. The lowest BCUT2D eigenvalue weighted by Crippen LogP contribution is -2.49. The minimum absolute atomic E-state index is 0. The molecule has 1 N–H and O–H groups in total. The minimum atomic E-state index is 0. The van der Waals surface area contributed by atoms with Crippen molar-refractivity contribution in [3.05, 3.63) is 61.0 Å². The number of nitrogens with one attached hydrogen (secondary N) is 1. The molecular weight excluding hydrogens is 491 g/mol. The van der Waals surface area contributed by atoms with E-state index in [1.807, 2.05) is 42.9 Å². The number of hydrogen-bond donors (Lipinski definition) is 1. The van der Waals surface area contributed by atoms with Gasteiger partial charge in [0.15, 0.2) is 5.96 Å². The zero-order valence-corrected chi connectivity index (χ0v) is 19.8. The normalized spacial score (nSPS) is 19.4. The van der Waals surface area contributed by atoms with E-state index in [9.17, 15) is 0 Å². The first-order valence-electron chi connectivity index (χ1n) is 10.2. The molecule has 0 aliphatic carbocycles. The van der Waals surface area contributed by atoms with Crippen LogP contribution in [0.4, 0.5) is 0 Å². The third-order valence-corrected chi connectivity index (χ3v) is 5.42. The smallest absolute Gasteiger partial charge is 0.226 e. The standard InChI is InChI=1S/C22H28N6O.HI/c1-3-24-22(27-11-9-17(2)20(14-27)28-12-10-23-16-28)25-13-19-15-29-21(26-19)18-7-5-4-6-8-18;/h4-8,10,12,15-17,20H,3,9,11,13-14H2,1-2H3,(H,24,25);1H. The van der Waals surface area contributed by atoms with Gasteiger partial charge in [0.25, 0.3) is 0 Å². The summed E-state index contributed by atoms with van der Waals surface area (Å²) in [6.45, 7) is 7.63. The van der Waals surface area contributed by atoms with Crippen LogP contribution in [0.3, 0.4) is 0 Å². The quantitative estimate of drug-likeness (QED) is 0.310. The summed E-state index contributed by atoms with van der Waals surface area (Å²) in [6, 6.07) is 10.3. The van der Waals surface area contributed by atoms with Crippen molar-refractivity contribution < 1.29 is 4.42 Å². The SMILES string of the molecule is CCNC(=NCc1coc(-c2ccccc2)n1)N1CCC(C)C(n2ccnc2)C1.I. The Hall–Kier alpha value is -2.36. The molecule has 3 aromatic rings. The van der Waals surface area contributed by atoms with Gasteiger partial charge in [-0.15, -0.1) is 24.0 Å². The maximum Gasteiger partial charge on any atom is 0.226 e. The zero-order chi connectivity index (χ0) is 20.1. The number of halogens is 1. The van der Waals surface area contributed by atoms with Crippen molar-refractivity contribution in [2.24, 2.45) is 10.9 Å². The van der Waals surface area contributed by atoms with E-state index in [1.165, 1.54) is 0 Å². The number of imidazole rings is 1. The molecule has 0 spiro atoms. The highest BCUT2D eigenvalue weighted by molar-refractivity contribution is 14.0. The second-order valence-corrected chi connectivity index (χ2v) is 7.47. The van der Waals surface area contributed by atoms with Gasteiger partial charge < -0.3 is 19.2 Å². The molecule has 0 radical (unpaired) electrons. The molecule has 160 valence electrons. The number of oxazole rings is 1. The van der Waals surface area contributed by atoms with Crippen LogP contribution in [0.1, 0.15) is 32.0 Å². The largest absolute Gasteiger partial charge is 0.444 e.